The van der Waals surface area contributed by atoms with Crippen molar-refractivity contribution in [2.24, 2.45) is 0 Å². The zero-order chi connectivity index (χ0) is 40.1. The molecule has 0 saturated carbocycles. The molecule has 1 unspecified atom stereocenters. The van der Waals surface area contributed by atoms with Crippen molar-refractivity contribution < 1.29 is 0 Å². The van der Waals surface area contributed by atoms with E-state index in [9.17, 15) is 0 Å². The second kappa shape index (κ2) is 16.8. The minimum atomic E-state index is 0.201. The van der Waals surface area contributed by atoms with Crippen molar-refractivity contribution >= 4 is 34.0 Å². The van der Waals surface area contributed by atoms with Gasteiger partial charge in [-0.2, -0.15) is 0 Å². The van der Waals surface area contributed by atoms with Crippen LogP contribution in [0.5, 0.6) is 0 Å². The molecule has 0 bridgehead atoms. The number of rotatable bonds is 10. The normalized spacial score (nSPS) is 14.3. The van der Waals surface area contributed by atoms with E-state index in [2.05, 4.69) is 246 Å². The van der Waals surface area contributed by atoms with Crippen LogP contribution in [-0.4, -0.2) is 6.04 Å². The second-order valence-corrected chi connectivity index (χ2v) is 15.6. The van der Waals surface area contributed by atoms with Gasteiger partial charge in [-0.15, -0.1) is 0 Å². The quantitative estimate of drug-likeness (QED) is 0.137. The van der Waals surface area contributed by atoms with E-state index in [4.69, 9.17) is 0 Å². The molecule has 0 heterocycles. The molecule has 8 aromatic carbocycles. The number of allylic oxidation sites excluding steroid dienone is 3. The van der Waals surface area contributed by atoms with E-state index >= 15 is 0 Å². The van der Waals surface area contributed by atoms with Crippen LogP contribution in [0.25, 0.3) is 39.0 Å². The van der Waals surface area contributed by atoms with Crippen LogP contribution in [0.2, 0.25) is 0 Å². The highest BCUT2D eigenvalue weighted by Gasteiger charge is 2.23. The van der Waals surface area contributed by atoms with Crippen LogP contribution < -0.4 is 9.80 Å². The molecule has 0 radical (unpaired) electrons. The molecule has 8 aromatic rings. The van der Waals surface area contributed by atoms with Crippen molar-refractivity contribution in [1.82, 2.24) is 0 Å². The molecule has 2 aliphatic rings. The van der Waals surface area contributed by atoms with Crippen molar-refractivity contribution in [2.75, 3.05) is 9.80 Å². The summed E-state index contributed by atoms with van der Waals surface area (Å²) in [6.45, 7) is 0. The zero-order valence-corrected chi connectivity index (χ0v) is 33.6. The molecule has 0 N–H and O–H groups in total. The number of hydrogen-bond donors (Lipinski definition) is 0. The van der Waals surface area contributed by atoms with Gasteiger partial charge in [-0.1, -0.05) is 182 Å². The fourth-order valence-corrected chi connectivity index (χ4v) is 8.86. The highest BCUT2D eigenvalue weighted by Crippen LogP contribution is 2.41. The predicted molar refractivity (Wildman–Crippen MR) is 255 cm³/mol. The lowest BCUT2D eigenvalue weighted by Crippen LogP contribution is -2.30. The van der Waals surface area contributed by atoms with Crippen molar-refractivity contribution in [3.63, 3.8) is 0 Å². The maximum atomic E-state index is 2.52. The number of benzene rings is 8. The Balaban J connectivity index is 0.934. The molecule has 0 fully saturated rings. The molecule has 288 valence electrons. The number of para-hydroxylation sites is 2. The molecule has 10 rings (SSSR count). The van der Waals surface area contributed by atoms with Crippen molar-refractivity contribution in [2.45, 2.75) is 25.3 Å². The average molecular weight is 771 g/mol. The van der Waals surface area contributed by atoms with Gasteiger partial charge < -0.3 is 9.80 Å². The molecule has 1 atom stereocenters. The fraction of sp³-hybridized carbons (Fsp3) is 0.0690. The van der Waals surface area contributed by atoms with Gasteiger partial charge in [0, 0.05) is 34.0 Å². The summed E-state index contributed by atoms with van der Waals surface area (Å²) in [6.07, 6.45) is 14.5. The molecule has 2 aliphatic carbocycles. The number of hydrogen-bond acceptors (Lipinski definition) is 2. The number of anilines is 5. The lowest BCUT2D eigenvalue weighted by molar-refractivity contribution is 0.785. The first-order chi connectivity index (χ1) is 29.8. The minimum Gasteiger partial charge on any atom is -0.334 e. The van der Waals surface area contributed by atoms with Crippen molar-refractivity contribution in [1.29, 1.82) is 0 Å². The molecule has 0 amide bonds. The Morgan fingerprint density at radius 3 is 1.53 bits per heavy atom. The third kappa shape index (κ3) is 7.52. The molecule has 2 nitrogen and oxygen atoms in total. The Kier molecular flexibility index (Phi) is 10.3. The highest BCUT2D eigenvalue weighted by atomic mass is 15.2. The van der Waals surface area contributed by atoms with Gasteiger partial charge in [0.25, 0.3) is 0 Å². The van der Waals surface area contributed by atoms with Gasteiger partial charge in [-0.25, -0.2) is 0 Å². The van der Waals surface area contributed by atoms with Crippen LogP contribution >= 0.6 is 0 Å². The maximum Gasteiger partial charge on any atom is 0.0560 e. The van der Waals surface area contributed by atoms with Gasteiger partial charge in [-0.05, 0) is 124 Å². The Morgan fingerprint density at radius 2 is 0.883 bits per heavy atom. The third-order valence-electron chi connectivity index (χ3n) is 11.9. The van der Waals surface area contributed by atoms with Gasteiger partial charge in [0.05, 0.1) is 6.04 Å². The maximum absolute atomic E-state index is 2.52. The van der Waals surface area contributed by atoms with Gasteiger partial charge in [0.1, 0.15) is 0 Å². The lowest BCUT2D eigenvalue weighted by Gasteiger charge is -2.34. The summed E-state index contributed by atoms with van der Waals surface area (Å²) in [5.41, 5.74) is 18.4. The van der Waals surface area contributed by atoms with E-state index in [0.29, 0.717) is 0 Å². The second-order valence-electron chi connectivity index (χ2n) is 15.6. The summed E-state index contributed by atoms with van der Waals surface area (Å²) in [5, 5.41) is 0. The molecular formula is C58H46N2. The van der Waals surface area contributed by atoms with Crippen LogP contribution in [0.3, 0.4) is 0 Å². The van der Waals surface area contributed by atoms with Gasteiger partial charge in [-0.3, -0.25) is 0 Å². The first-order valence-corrected chi connectivity index (χ1v) is 21.1. The van der Waals surface area contributed by atoms with Gasteiger partial charge in [0.15, 0.2) is 0 Å². The number of aryl methyl sites for hydroxylation is 1. The average Bonchev–Trinajstić information content (AvgIpc) is 3.33. The lowest BCUT2D eigenvalue weighted by atomic mass is 9.87. The van der Waals surface area contributed by atoms with Crippen LogP contribution in [-0.2, 0) is 6.42 Å². The summed E-state index contributed by atoms with van der Waals surface area (Å²) in [5.74, 6) is 0. The van der Waals surface area contributed by atoms with Crippen LogP contribution in [0.1, 0.15) is 29.5 Å². The van der Waals surface area contributed by atoms with E-state index in [1.54, 1.807) is 0 Å². The number of fused-ring (bicyclic) bond motifs is 1. The molecule has 0 spiro atoms. The van der Waals surface area contributed by atoms with Crippen LogP contribution in [0.15, 0.2) is 237 Å². The van der Waals surface area contributed by atoms with E-state index in [1.807, 2.05) is 0 Å². The SMILES string of the molecule is C1=CCC(N(c2ccc(C3=CCCc4ccccc43)cc2)c2ccccc2-c2ccc(-c3ccc(N(c4ccccc4)c4ccc(-c5ccccc5)cc4)cc3)cc2)C=C1. The Labute approximate surface area is 354 Å². The van der Waals surface area contributed by atoms with Gasteiger partial charge >= 0.3 is 0 Å². The minimum absolute atomic E-state index is 0.201. The highest BCUT2D eigenvalue weighted by molar-refractivity contribution is 5.87. The molecule has 0 aliphatic heterocycles. The first kappa shape index (κ1) is 36.9. The molecule has 60 heavy (non-hydrogen) atoms. The topological polar surface area (TPSA) is 6.48 Å². The summed E-state index contributed by atoms with van der Waals surface area (Å²) >= 11 is 0. The van der Waals surface area contributed by atoms with Crippen LogP contribution in [0, 0.1) is 0 Å². The Hall–Kier alpha value is -7.42. The molecular weight excluding hydrogens is 725 g/mol. The largest absolute Gasteiger partial charge is 0.334 e. The molecule has 0 saturated heterocycles. The number of nitrogens with zero attached hydrogens (tertiary/aromatic N) is 2. The summed E-state index contributed by atoms with van der Waals surface area (Å²) in [4.78, 5) is 4.84. The Morgan fingerprint density at radius 1 is 0.383 bits per heavy atom. The smallest absolute Gasteiger partial charge is 0.0560 e. The summed E-state index contributed by atoms with van der Waals surface area (Å²) in [7, 11) is 0. The summed E-state index contributed by atoms with van der Waals surface area (Å²) in [6, 6.07) is 75.2. The van der Waals surface area contributed by atoms with E-state index in [0.717, 1.165) is 36.3 Å². The van der Waals surface area contributed by atoms with E-state index < -0.39 is 0 Å². The standard InChI is InChI=1S/C58H46N2/c1-4-15-43(16-5-1)45-31-37-52(38-32-45)59(50-19-6-2-7-20-50)53-39-33-46(34-40-53)44-27-29-49(30-28-44)57-24-12-13-26-58(57)60(51-21-8-3-9-22-51)54-41-35-48(36-42-54)56-25-14-18-47-17-10-11-23-55(47)56/h1-13,15-17,19-21,23-42,51H,14,18,22H2. The zero-order valence-electron chi connectivity index (χ0n) is 33.6. The van der Waals surface area contributed by atoms with E-state index in [-0.39, 0.29) is 6.04 Å². The first-order valence-electron chi connectivity index (χ1n) is 21.1. The van der Waals surface area contributed by atoms with Crippen LogP contribution in [0.4, 0.5) is 28.4 Å². The Bertz CT molecular complexity index is 2800. The van der Waals surface area contributed by atoms with Gasteiger partial charge in [0.2, 0.25) is 0 Å². The molecule has 0 aromatic heterocycles. The van der Waals surface area contributed by atoms with Crippen molar-refractivity contribution in [3.8, 4) is 33.4 Å². The van der Waals surface area contributed by atoms with E-state index in [1.165, 1.54) is 67.0 Å². The fourth-order valence-electron chi connectivity index (χ4n) is 8.86. The summed E-state index contributed by atoms with van der Waals surface area (Å²) < 4.78 is 0. The monoisotopic (exact) mass is 770 g/mol. The molecule has 2 heteroatoms. The predicted octanol–water partition coefficient (Wildman–Crippen LogP) is 15.6. The van der Waals surface area contributed by atoms with Crippen molar-refractivity contribution in [3.05, 3.63) is 253 Å². The third-order valence-corrected chi connectivity index (χ3v) is 11.9.